The molecule has 0 saturated carbocycles. The molecule has 3 N–H and O–H groups in total. The maximum Gasteiger partial charge on any atom is 0.287 e. The van der Waals surface area contributed by atoms with Crippen LogP contribution in [-0.2, 0) is 0 Å². The Kier molecular flexibility index (Phi) is 6.77. The Balaban J connectivity index is 2.18. The molecule has 0 aliphatic carbocycles. The standard InChI is InChI=1S/C12H13BrFN5O3S/c1-23-15-4-5-21-12-10(18-22-19-12)11(17-20)16-7-2-3-9(14)8(13)6-7/h2-3,6,15,20H,4-5H2,1H3,(H,16,17). The normalized spacial score (nSPS) is 11.6. The van der Waals surface area contributed by atoms with Gasteiger partial charge >= 0.3 is 0 Å². The molecule has 0 atom stereocenters. The number of amidine groups is 1. The van der Waals surface area contributed by atoms with E-state index in [-0.39, 0.29) is 21.9 Å². The van der Waals surface area contributed by atoms with Crippen molar-refractivity contribution < 1.29 is 19.0 Å². The van der Waals surface area contributed by atoms with Crippen molar-refractivity contribution in [3.05, 3.63) is 34.2 Å². The average molecular weight is 406 g/mol. The zero-order chi connectivity index (χ0) is 16.7. The van der Waals surface area contributed by atoms with Crippen LogP contribution in [0.1, 0.15) is 5.69 Å². The summed E-state index contributed by atoms with van der Waals surface area (Å²) in [6.45, 7) is 0.903. The van der Waals surface area contributed by atoms with E-state index in [9.17, 15) is 9.60 Å². The summed E-state index contributed by atoms with van der Waals surface area (Å²) in [5, 5.41) is 16.5. The first kappa shape index (κ1) is 17.7. The summed E-state index contributed by atoms with van der Waals surface area (Å²) in [6, 6.07) is 4.13. The van der Waals surface area contributed by atoms with E-state index < -0.39 is 5.82 Å². The smallest absolute Gasteiger partial charge is 0.287 e. The highest BCUT2D eigenvalue weighted by Crippen LogP contribution is 2.23. The highest BCUT2D eigenvalue weighted by Gasteiger charge is 2.18. The van der Waals surface area contributed by atoms with Gasteiger partial charge in [-0.1, -0.05) is 11.9 Å². The summed E-state index contributed by atoms with van der Waals surface area (Å²) in [4.78, 5) is 4.12. The van der Waals surface area contributed by atoms with Gasteiger partial charge in [-0.05, 0) is 50.7 Å². The van der Waals surface area contributed by atoms with Gasteiger partial charge < -0.3 is 4.74 Å². The SMILES string of the molecule is CSNCCOc1nonc1C(=Nc1ccc(F)c(Br)c1)NO. The third-order valence-electron chi connectivity index (χ3n) is 2.52. The van der Waals surface area contributed by atoms with Gasteiger partial charge in [0.05, 0.1) is 10.2 Å². The molecular formula is C12H13BrFN5O3S. The molecule has 0 radical (unpaired) electrons. The number of nitrogens with one attached hydrogen (secondary N) is 2. The third-order valence-corrected chi connectivity index (χ3v) is 3.62. The lowest BCUT2D eigenvalue weighted by atomic mass is 10.3. The summed E-state index contributed by atoms with van der Waals surface area (Å²) < 4.78 is 26.5. The Hall–Kier alpha value is -1.69. The molecule has 23 heavy (non-hydrogen) atoms. The van der Waals surface area contributed by atoms with E-state index in [1.807, 2.05) is 11.7 Å². The monoisotopic (exact) mass is 405 g/mol. The minimum atomic E-state index is -0.420. The van der Waals surface area contributed by atoms with Crippen molar-refractivity contribution >= 4 is 39.4 Å². The molecule has 8 nitrogen and oxygen atoms in total. The maximum absolute atomic E-state index is 13.2. The molecule has 0 unspecified atom stereocenters. The second-order valence-electron chi connectivity index (χ2n) is 4.04. The lowest BCUT2D eigenvalue weighted by Gasteiger charge is -2.05. The van der Waals surface area contributed by atoms with E-state index in [4.69, 9.17) is 4.74 Å². The van der Waals surface area contributed by atoms with Gasteiger partial charge in [-0.25, -0.2) is 14.0 Å². The Bertz CT molecular complexity index is 684. The van der Waals surface area contributed by atoms with Crippen molar-refractivity contribution in [3.8, 4) is 5.88 Å². The van der Waals surface area contributed by atoms with Crippen molar-refractivity contribution in [1.29, 1.82) is 0 Å². The molecule has 2 rings (SSSR count). The molecule has 0 saturated heterocycles. The van der Waals surface area contributed by atoms with Crippen LogP contribution >= 0.6 is 27.9 Å². The number of ether oxygens (including phenoxy) is 1. The fraction of sp³-hybridized carbons (Fsp3) is 0.250. The van der Waals surface area contributed by atoms with Crippen LogP contribution in [0, 0.1) is 5.82 Å². The fourth-order valence-corrected chi connectivity index (χ4v) is 2.18. The number of hydrogen-bond donors (Lipinski definition) is 3. The molecule has 1 aromatic carbocycles. The van der Waals surface area contributed by atoms with Crippen molar-refractivity contribution in [2.45, 2.75) is 0 Å². The first-order valence-corrected chi connectivity index (χ1v) is 8.33. The van der Waals surface area contributed by atoms with E-state index in [2.05, 4.69) is 40.6 Å². The number of nitrogens with zero attached hydrogens (tertiary/aromatic N) is 3. The Morgan fingerprint density at radius 3 is 3.04 bits per heavy atom. The molecule has 0 aliphatic rings. The van der Waals surface area contributed by atoms with Crippen LogP contribution in [0.15, 0.2) is 32.3 Å². The summed E-state index contributed by atoms with van der Waals surface area (Å²) >= 11 is 4.52. The predicted octanol–water partition coefficient (Wildman–Crippen LogP) is 2.27. The van der Waals surface area contributed by atoms with Crippen LogP contribution in [0.25, 0.3) is 0 Å². The van der Waals surface area contributed by atoms with Gasteiger partial charge in [0.1, 0.15) is 12.4 Å². The van der Waals surface area contributed by atoms with Gasteiger partial charge in [-0.3, -0.25) is 15.4 Å². The summed E-state index contributed by atoms with van der Waals surface area (Å²) in [6.07, 6.45) is 1.89. The van der Waals surface area contributed by atoms with Gasteiger partial charge in [0.2, 0.25) is 5.69 Å². The molecule has 0 spiro atoms. The summed E-state index contributed by atoms with van der Waals surface area (Å²) in [7, 11) is 0. The van der Waals surface area contributed by atoms with Crippen molar-refractivity contribution in [2.24, 2.45) is 4.99 Å². The number of rotatable bonds is 7. The first-order valence-electron chi connectivity index (χ1n) is 6.31. The molecule has 0 bridgehead atoms. The molecule has 0 fully saturated rings. The van der Waals surface area contributed by atoms with Crippen LogP contribution in [0.3, 0.4) is 0 Å². The lowest BCUT2D eigenvalue weighted by molar-refractivity contribution is 0.233. The van der Waals surface area contributed by atoms with Crippen molar-refractivity contribution in [2.75, 3.05) is 19.4 Å². The largest absolute Gasteiger partial charge is 0.472 e. The summed E-state index contributed by atoms with van der Waals surface area (Å²) in [5.74, 6) is -0.386. The number of aromatic nitrogens is 2. The Labute approximate surface area is 143 Å². The van der Waals surface area contributed by atoms with Gasteiger partial charge in [0, 0.05) is 6.54 Å². The molecule has 2 aromatic rings. The van der Waals surface area contributed by atoms with E-state index in [0.29, 0.717) is 18.8 Å². The van der Waals surface area contributed by atoms with Crippen LogP contribution in [0.2, 0.25) is 0 Å². The average Bonchev–Trinajstić information content (AvgIpc) is 3.01. The van der Waals surface area contributed by atoms with E-state index in [1.54, 1.807) is 0 Å². The van der Waals surface area contributed by atoms with Gasteiger partial charge in [0.15, 0.2) is 5.84 Å². The minimum Gasteiger partial charge on any atom is -0.472 e. The van der Waals surface area contributed by atoms with Crippen molar-refractivity contribution in [1.82, 2.24) is 20.5 Å². The lowest BCUT2D eigenvalue weighted by Crippen LogP contribution is -2.22. The molecule has 11 heteroatoms. The second-order valence-corrected chi connectivity index (χ2v) is 5.59. The van der Waals surface area contributed by atoms with Crippen LogP contribution in [0.5, 0.6) is 5.88 Å². The van der Waals surface area contributed by atoms with E-state index in [1.165, 1.54) is 30.1 Å². The van der Waals surface area contributed by atoms with Crippen LogP contribution in [-0.4, -0.2) is 40.8 Å². The van der Waals surface area contributed by atoms with E-state index >= 15 is 0 Å². The number of aliphatic imine (C=N–C) groups is 1. The van der Waals surface area contributed by atoms with E-state index in [0.717, 1.165) is 0 Å². The zero-order valence-corrected chi connectivity index (χ0v) is 14.3. The quantitative estimate of drug-likeness (QED) is 0.212. The molecule has 1 heterocycles. The number of benzene rings is 1. The van der Waals surface area contributed by atoms with Crippen LogP contribution in [0.4, 0.5) is 10.1 Å². The Morgan fingerprint density at radius 2 is 2.35 bits per heavy atom. The molecule has 124 valence electrons. The van der Waals surface area contributed by atoms with Gasteiger partial charge in [-0.15, -0.1) is 0 Å². The second kappa shape index (κ2) is 8.82. The third kappa shape index (κ3) is 4.89. The number of hydroxylamine groups is 1. The minimum absolute atomic E-state index is 0.0439. The predicted molar refractivity (Wildman–Crippen MR) is 86.5 cm³/mol. The first-order chi connectivity index (χ1) is 11.2. The number of halogens is 2. The fourth-order valence-electron chi connectivity index (χ4n) is 1.53. The molecule has 0 amide bonds. The zero-order valence-electron chi connectivity index (χ0n) is 11.9. The highest BCUT2D eigenvalue weighted by atomic mass is 79.9. The maximum atomic E-state index is 13.2. The van der Waals surface area contributed by atoms with Gasteiger partial charge in [-0.2, -0.15) is 0 Å². The van der Waals surface area contributed by atoms with Crippen molar-refractivity contribution in [3.63, 3.8) is 0 Å². The van der Waals surface area contributed by atoms with Gasteiger partial charge in [0.25, 0.3) is 5.88 Å². The number of hydrogen-bond acceptors (Lipinski definition) is 8. The summed E-state index contributed by atoms with van der Waals surface area (Å²) in [5.41, 5.74) is 2.38. The topological polar surface area (TPSA) is 105 Å². The van der Waals surface area contributed by atoms with Crippen LogP contribution < -0.4 is 14.9 Å². The molecular weight excluding hydrogens is 393 g/mol. The molecule has 1 aromatic heterocycles. The highest BCUT2D eigenvalue weighted by molar-refractivity contribution is 9.10. The Morgan fingerprint density at radius 1 is 1.52 bits per heavy atom. The molecule has 0 aliphatic heterocycles.